The van der Waals surface area contributed by atoms with Gasteiger partial charge in [0, 0.05) is 19.8 Å². The van der Waals surface area contributed by atoms with Gasteiger partial charge in [-0.15, -0.1) is 0 Å². The average Bonchev–Trinajstić information content (AvgIpc) is 2.37. The van der Waals surface area contributed by atoms with E-state index in [1.807, 2.05) is 38.1 Å². The van der Waals surface area contributed by atoms with E-state index in [2.05, 4.69) is 5.32 Å². The molecule has 1 rings (SSSR count). The van der Waals surface area contributed by atoms with Crippen molar-refractivity contribution in [2.24, 2.45) is 0 Å². The molecule has 1 aromatic carbocycles. The van der Waals surface area contributed by atoms with E-state index in [0.717, 1.165) is 17.9 Å². The number of ether oxygens (including phenoxy) is 1. The third kappa shape index (κ3) is 3.95. The summed E-state index contributed by atoms with van der Waals surface area (Å²) < 4.78 is 5.37. The minimum Gasteiger partial charge on any atom is -0.494 e. The molecule has 18 heavy (non-hydrogen) atoms. The second kappa shape index (κ2) is 6.89. The Morgan fingerprint density at radius 1 is 1.28 bits per heavy atom. The summed E-state index contributed by atoms with van der Waals surface area (Å²) in [6.07, 6.45) is 0.754. The maximum Gasteiger partial charge on any atom is 0.244 e. The average molecular weight is 250 g/mol. The third-order valence-corrected chi connectivity index (χ3v) is 2.65. The molecule has 0 heterocycles. The van der Waals surface area contributed by atoms with E-state index in [9.17, 15) is 4.79 Å². The van der Waals surface area contributed by atoms with E-state index in [0.29, 0.717) is 6.61 Å². The second-order valence-corrected chi connectivity index (χ2v) is 4.30. The second-order valence-electron chi connectivity index (χ2n) is 4.30. The fourth-order valence-electron chi connectivity index (χ4n) is 1.67. The first kappa shape index (κ1) is 14.4. The molecule has 0 aromatic heterocycles. The highest BCUT2D eigenvalue weighted by molar-refractivity contribution is 5.84. The number of benzene rings is 1. The molecular formula is C14H22N2O2. The molecule has 4 heteroatoms. The van der Waals surface area contributed by atoms with Crippen molar-refractivity contribution in [1.29, 1.82) is 0 Å². The Balaban J connectivity index is 2.67. The van der Waals surface area contributed by atoms with Crippen molar-refractivity contribution in [3.05, 3.63) is 24.3 Å². The Labute approximate surface area is 109 Å². The van der Waals surface area contributed by atoms with Crippen LogP contribution < -0.4 is 10.1 Å². The van der Waals surface area contributed by atoms with Gasteiger partial charge in [-0.3, -0.25) is 4.79 Å². The van der Waals surface area contributed by atoms with Crippen molar-refractivity contribution in [3.63, 3.8) is 0 Å². The number of amides is 1. The number of rotatable bonds is 6. The van der Waals surface area contributed by atoms with Crippen molar-refractivity contribution in [2.75, 3.05) is 26.0 Å². The fraction of sp³-hybridized carbons (Fsp3) is 0.500. The van der Waals surface area contributed by atoms with Crippen molar-refractivity contribution in [2.45, 2.75) is 26.3 Å². The Kier molecular flexibility index (Phi) is 5.49. The van der Waals surface area contributed by atoms with Gasteiger partial charge in [-0.25, -0.2) is 0 Å². The monoisotopic (exact) mass is 250 g/mol. The highest BCUT2D eigenvalue weighted by atomic mass is 16.5. The molecule has 1 amide bonds. The minimum atomic E-state index is -0.182. The van der Waals surface area contributed by atoms with Crippen LogP contribution in [0.4, 0.5) is 5.69 Å². The van der Waals surface area contributed by atoms with Gasteiger partial charge < -0.3 is 15.0 Å². The predicted molar refractivity (Wildman–Crippen MR) is 74.0 cm³/mol. The molecule has 0 aliphatic carbocycles. The van der Waals surface area contributed by atoms with Gasteiger partial charge in [0.15, 0.2) is 0 Å². The van der Waals surface area contributed by atoms with E-state index >= 15 is 0 Å². The van der Waals surface area contributed by atoms with Crippen LogP contribution in [0.25, 0.3) is 0 Å². The molecule has 4 nitrogen and oxygen atoms in total. The van der Waals surface area contributed by atoms with E-state index in [-0.39, 0.29) is 11.9 Å². The topological polar surface area (TPSA) is 41.6 Å². The van der Waals surface area contributed by atoms with E-state index in [1.165, 1.54) is 0 Å². The summed E-state index contributed by atoms with van der Waals surface area (Å²) in [5.41, 5.74) is 0.931. The van der Waals surface area contributed by atoms with Gasteiger partial charge in [0.25, 0.3) is 0 Å². The highest BCUT2D eigenvalue weighted by Crippen LogP contribution is 2.17. The summed E-state index contributed by atoms with van der Waals surface area (Å²) in [7, 11) is 3.54. The standard InChI is InChI=1S/C14H22N2O2/c1-5-13(14(17)16(3)4)15-11-7-9-12(10-8-11)18-6-2/h7-10,13,15H,5-6H2,1-4H3. The molecule has 1 aromatic rings. The van der Waals surface area contributed by atoms with E-state index in [1.54, 1.807) is 19.0 Å². The lowest BCUT2D eigenvalue weighted by Gasteiger charge is -2.21. The van der Waals surface area contributed by atoms with Gasteiger partial charge in [0.1, 0.15) is 11.8 Å². The number of likely N-dealkylation sites (N-methyl/N-ethyl adjacent to an activating group) is 1. The van der Waals surface area contributed by atoms with Crippen molar-refractivity contribution in [1.82, 2.24) is 4.90 Å². The molecule has 0 spiro atoms. The smallest absolute Gasteiger partial charge is 0.244 e. The molecule has 0 saturated carbocycles. The number of carbonyl (C=O) groups excluding carboxylic acids is 1. The third-order valence-electron chi connectivity index (χ3n) is 2.65. The van der Waals surface area contributed by atoms with Gasteiger partial charge in [-0.1, -0.05) is 6.92 Å². The fourth-order valence-corrected chi connectivity index (χ4v) is 1.67. The summed E-state index contributed by atoms with van der Waals surface area (Å²) in [6.45, 7) is 4.60. The number of hydrogen-bond donors (Lipinski definition) is 1. The van der Waals surface area contributed by atoms with Crippen LogP contribution in [0.3, 0.4) is 0 Å². The lowest BCUT2D eigenvalue weighted by Crippen LogP contribution is -2.38. The quantitative estimate of drug-likeness (QED) is 0.842. The van der Waals surface area contributed by atoms with Gasteiger partial charge >= 0.3 is 0 Å². The first-order valence-corrected chi connectivity index (χ1v) is 6.29. The van der Waals surface area contributed by atoms with Crippen LogP contribution in [0.2, 0.25) is 0 Å². The number of nitrogens with one attached hydrogen (secondary N) is 1. The Bertz CT molecular complexity index is 374. The first-order chi connectivity index (χ1) is 8.58. The van der Waals surface area contributed by atoms with Crippen LogP contribution in [-0.4, -0.2) is 37.6 Å². The minimum absolute atomic E-state index is 0.0892. The number of carbonyl (C=O) groups is 1. The molecule has 1 atom stereocenters. The normalized spacial score (nSPS) is 11.8. The summed E-state index contributed by atoms with van der Waals surface area (Å²) in [5.74, 6) is 0.932. The van der Waals surface area contributed by atoms with Gasteiger partial charge in [-0.05, 0) is 37.6 Å². The van der Waals surface area contributed by atoms with Gasteiger partial charge in [0.05, 0.1) is 6.61 Å². The summed E-state index contributed by atoms with van der Waals surface area (Å²) in [5, 5.41) is 3.23. The maximum absolute atomic E-state index is 11.9. The van der Waals surface area contributed by atoms with Crippen molar-refractivity contribution in [3.8, 4) is 5.75 Å². The van der Waals surface area contributed by atoms with Crippen LogP contribution >= 0.6 is 0 Å². The van der Waals surface area contributed by atoms with Gasteiger partial charge in [-0.2, -0.15) is 0 Å². The van der Waals surface area contributed by atoms with Crippen LogP contribution in [0.5, 0.6) is 5.75 Å². The summed E-state index contributed by atoms with van der Waals surface area (Å²) in [4.78, 5) is 13.5. The predicted octanol–water partition coefficient (Wildman–Crippen LogP) is 2.36. The Hall–Kier alpha value is -1.71. The van der Waals surface area contributed by atoms with Crippen LogP contribution in [0.15, 0.2) is 24.3 Å². The Morgan fingerprint density at radius 3 is 2.33 bits per heavy atom. The molecule has 0 aliphatic heterocycles. The van der Waals surface area contributed by atoms with Crippen molar-refractivity contribution >= 4 is 11.6 Å². The molecule has 0 bridgehead atoms. The summed E-state index contributed by atoms with van der Waals surface area (Å²) in [6, 6.07) is 7.47. The lowest BCUT2D eigenvalue weighted by molar-refractivity contribution is -0.129. The van der Waals surface area contributed by atoms with Gasteiger partial charge in [0.2, 0.25) is 5.91 Å². The zero-order chi connectivity index (χ0) is 13.5. The first-order valence-electron chi connectivity index (χ1n) is 6.29. The largest absolute Gasteiger partial charge is 0.494 e. The van der Waals surface area contributed by atoms with Crippen LogP contribution in [0.1, 0.15) is 20.3 Å². The molecule has 100 valence electrons. The molecule has 1 N–H and O–H groups in total. The molecular weight excluding hydrogens is 228 g/mol. The lowest BCUT2D eigenvalue weighted by atomic mass is 10.2. The molecule has 0 fully saturated rings. The SMILES string of the molecule is CCOc1ccc(NC(CC)C(=O)N(C)C)cc1. The molecule has 0 saturated heterocycles. The van der Waals surface area contributed by atoms with E-state index < -0.39 is 0 Å². The van der Waals surface area contributed by atoms with Crippen LogP contribution in [-0.2, 0) is 4.79 Å². The molecule has 0 radical (unpaired) electrons. The zero-order valence-electron chi connectivity index (χ0n) is 11.6. The number of hydrogen-bond acceptors (Lipinski definition) is 3. The van der Waals surface area contributed by atoms with Crippen molar-refractivity contribution < 1.29 is 9.53 Å². The molecule has 0 aliphatic rings. The number of nitrogens with zero attached hydrogens (tertiary/aromatic N) is 1. The number of anilines is 1. The zero-order valence-corrected chi connectivity index (χ0v) is 11.6. The van der Waals surface area contributed by atoms with Crippen LogP contribution in [0, 0.1) is 0 Å². The van der Waals surface area contributed by atoms with E-state index in [4.69, 9.17) is 4.74 Å². The Morgan fingerprint density at radius 2 is 1.89 bits per heavy atom. The maximum atomic E-state index is 11.9. The summed E-state index contributed by atoms with van der Waals surface area (Å²) >= 11 is 0. The highest BCUT2D eigenvalue weighted by Gasteiger charge is 2.17. The molecule has 1 unspecified atom stereocenters.